The monoisotopic (exact) mass is 245 g/mol. The van der Waals surface area contributed by atoms with E-state index in [-0.39, 0.29) is 23.6 Å². The van der Waals surface area contributed by atoms with Crippen LogP contribution in [-0.4, -0.2) is 25.6 Å². The topological polar surface area (TPSA) is 61.5 Å². The maximum atomic E-state index is 12.1. The number of halogens is 2. The normalized spacial score (nSPS) is 10.4. The van der Waals surface area contributed by atoms with Crippen molar-refractivity contribution in [2.45, 2.75) is 13.3 Å². The van der Waals surface area contributed by atoms with Crippen molar-refractivity contribution in [2.75, 3.05) is 18.9 Å². The molecule has 94 valence electrons. The van der Waals surface area contributed by atoms with Gasteiger partial charge >= 0.3 is 5.97 Å². The third-order valence-corrected chi connectivity index (χ3v) is 1.89. The summed E-state index contributed by atoms with van der Waals surface area (Å²) in [6, 6.07) is 4.40. The third kappa shape index (κ3) is 3.58. The average Bonchev–Trinajstić information content (AvgIpc) is 2.27. The van der Waals surface area contributed by atoms with Crippen molar-refractivity contribution in [3.63, 3.8) is 0 Å². The van der Waals surface area contributed by atoms with Crippen molar-refractivity contribution in [1.29, 1.82) is 0 Å². The van der Waals surface area contributed by atoms with E-state index in [1.165, 1.54) is 18.2 Å². The molecule has 0 heterocycles. The number of alkyl halides is 2. The lowest BCUT2D eigenvalue weighted by atomic mass is 10.2. The lowest BCUT2D eigenvalue weighted by Gasteiger charge is -2.12. The van der Waals surface area contributed by atoms with Crippen LogP contribution in [0, 0.1) is 0 Å². The zero-order chi connectivity index (χ0) is 12.8. The first-order valence-corrected chi connectivity index (χ1v) is 5.02. The van der Waals surface area contributed by atoms with Gasteiger partial charge in [-0.15, -0.1) is 0 Å². The van der Waals surface area contributed by atoms with E-state index in [4.69, 9.17) is 15.2 Å². The fourth-order valence-corrected chi connectivity index (χ4v) is 1.23. The highest BCUT2D eigenvalue weighted by molar-refractivity contribution is 5.94. The van der Waals surface area contributed by atoms with Crippen LogP contribution in [0.3, 0.4) is 0 Å². The number of para-hydroxylation sites is 1. The van der Waals surface area contributed by atoms with E-state index < -0.39 is 19.0 Å². The van der Waals surface area contributed by atoms with Crippen LogP contribution in [0.5, 0.6) is 5.75 Å². The zero-order valence-corrected chi connectivity index (χ0v) is 9.28. The molecule has 2 N–H and O–H groups in total. The summed E-state index contributed by atoms with van der Waals surface area (Å²) in [5.74, 6) is -0.713. The molecule has 0 fully saturated rings. The molecule has 6 heteroatoms. The number of anilines is 1. The number of carbonyl (C=O) groups is 1. The van der Waals surface area contributed by atoms with Gasteiger partial charge in [-0.05, 0) is 19.1 Å². The number of esters is 1. The highest BCUT2D eigenvalue weighted by atomic mass is 19.3. The minimum atomic E-state index is -2.63. The Kier molecular flexibility index (Phi) is 4.68. The summed E-state index contributed by atoms with van der Waals surface area (Å²) >= 11 is 0. The number of hydrogen-bond donors (Lipinski definition) is 1. The van der Waals surface area contributed by atoms with E-state index in [0.29, 0.717) is 0 Å². The summed E-state index contributed by atoms with van der Waals surface area (Å²) in [6.07, 6.45) is -2.63. The van der Waals surface area contributed by atoms with Gasteiger partial charge in [0.2, 0.25) is 0 Å². The van der Waals surface area contributed by atoms with Crippen LogP contribution in [0.1, 0.15) is 17.3 Å². The third-order valence-electron chi connectivity index (χ3n) is 1.89. The maximum Gasteiger partial charge on any atom is 0.341 e. The highest BCUT2D eigenvalue weighted by Crippen LogP contribution is 2.27. The summed E-state index contributed by atoms with van der Waals surface area (Å²) in [7, 11) is 0. The molecule has 4 nitrogen and oxygen atoms in total. The molecule has 0 radical (unpaired) electrons. The molecule has 1 aromatic carbocycles. The van der Waals surface area contributed by atoms with Gasteiger partial charge < -0.3 is 15.2 Å². The lowest BCUT2D eigenvalue weighted by molar-refractivity contribution is 0.0508. The lowest BCUT2D eigenvalue weighted by Crippen LogP contribution is -2.13. The summed E-state index contributed by atoms with van der Waals surface area (Å²) in [5, 5.41) is 0. The Labute approximate surface area is 97.3 Å². The second-order valence-corrected chi connectivity index (χ2v) is 3.15. The van der Waals surface area contributed by atoms with Gasteiger partial charge in [-0.1, -0.05) is 6.07 Å². The number of ether oxygens (including phenoxy) is 2. The van der Waals surface area contributed by atoms with Gasteiger partial charge in [0.25, 0.3) is 6.43 Å². The largest absolute Gasteiger partial charge is 0.485 e. The van der Waals surface area contributed by atoms with Crippen LogP contribution in [0.25, 0.3) is 0 Å². The maximum absolute atomic E-state index is 12.1. The van der Waals surface area contributed by atoms with Crippen LogP contribution < -0.4 is 10.5 Å². The molecule has 0 aliphatic heterocycles. The van der Waals surface area contributed by atoms with Crippen LogP contribution in [0.4, 0.5) is 14.5 Å². The van der Waals surface area contributed by atoms with Crippen molar-refractivity contribution < 1.29 is 23.0 Å². The molecule has 0 spiro atoms. The Hall–Kier alpha value is -1.85. The number of hydrogen-bond acceptors (Lipinski definition) is 4. The summed E-state index contributed by atoms with van der Waals surface area (Å²) in [5.41, 5.74) is 5.73. The molecule has 0 aliphatic carbocycles. The summed E-state index contributed by atoms with van der Waals surface area (Å²) in [4.78, 5) is 11.5. The van der Waals surface area contributed by atoms with Crippen LogP contribution in [0.2, 0.25) is 0 Å². The smallest absolute Gasteiger partial charge is 0.341 e. The van der Waals surface area contributed by atoms with E-state index in [9.17, 15) is 13.6 Å². The molecular formula is C11H13F2NO3. The van der Waals surface area contributed by atoms with Gasteiger partial charge in [-0.3, -0.25) is 0 Å². The number of nitrogen functional groups attached to an aromatic ring is 1. The van der Waals surface area contributed by atoms with Crippen molar-refractivity contribution in [3.8, 4) is 5.75 Å². The molecule has 0 aromatic heterocycles. The van der Waals surface area contributed by atoms with Gasteiger partial charge in [-0.25, -0.2) is 13.6 Å². The van der Waals surface area contributed by atoms with Gasteiger partial charge in [0.15, 0.2) is 5.75 Å². The standard InChI is InChI=1S/C11H13F2NO3/c1-2-16-11(15)7-4-3-5-8(14)10(7)17-6-9(12)13/h3-5,9H,2,6,14H2,1H3. The molecule has 0 aliphatic rings. The van der Waals surface area contributed by atoms with Gasteiger partial charge in [0.1, 0.15) is 12.2 Å². The van der Waals surface area contributed by atoms with Crippen LogP contribution in [0.15, 0.2) is 18.2 Å². The fourth-order valence-electron chi connectivity index (χ4n) is 1.23. The molecule has 1 aromatic rings. The SMILES string of the molecule is CCOC(=O)c1cccc(N)c1OCC(F)F. The van der Waals surface area contributed by atoms with Crippen molar-refractivity contribution in [3.05, 3.63) is 23.8 Å². The minimum absolute atomic E-state index is 0.0486. The van der Waals surface area contributed by atoms with E-state index in [1.54, 1.807) is 6.92 Å². The van der Waals surface area contributed by atoms with Crippen LogP contribution in [-0.2, 0) is 4.74 Å². The Morgan fingerprint density at radius 3 is 2.76 bits per heavy atom. The van der Waals surface area contributed by atoms with Crippen molar-refractivity contribution >= 4 is 11.7 Å². The number of nitrogens with two attached hydrogens (primary N) is 1. The highest BCUT2D eigenvalue weighted by Gasteiger charge is 2.17. The molecule has 0 amide bonds. The fraction of sp³-hybridized carbons (Fsp3) is 0.364. The van der Waals surface area contributed by atoms with Crippen molar-refractivity contribution in [1.82, 2.24) is 0 Å². The van der Waals surface area contributed by atoms with E-state index in [0.717, 1.165) is 0 Å². The molecule has 17 heavy (non-hydrogen) atoms. The molecule has 0 saturated carbocycles. The van der Waals surface area contributed by atoms with E-state index >= 15 is 0 Å². The Balaban J connectivity index is 2.95. The second-order valence-electron chi connectivity index (χ2n) is 3.15. The average molecular weight is 245 g/mol. The van der Waals surface area contributed by atoms with Gasteiger partial charge in [0, 0.05) is 0 Å². The predicted octanol–water partition coefficient (Wildman–Crippen LogP) is 2.09. The molecule has 1 rings (SSSR count). The van der Waals surface area contributed by atoms with Crippen molar-refractivity contribution in [2.24, 2.45) is 0 Å². The predicted molar refractivity (Wildman–Crippen MR) is 58.3 cm³/mol. The summed E-state index contributed by atoms with van der Waals surface area (Å²) < 4.78 is 33.7. The minimum Gasteiger partial charge on any atom is -0.485 e. The first kappa shape index (κ1) is 13.2. The number of rotatable bonds is 5. The molecule has 0 atom stereocenters. The number of carbonyl (C=O) groups excluding carboxylic acids is 1. The summed E-state index contributed by atoms with van der Waals surface area (Å²) in [6.45, 7) is 1.01. The van der Waals surface area contributed by atoms with Crippen LogP contribution >= 0.6 is 0 Å². The van der Waals surface area contributed by atoms with Gasteiger partial charge in [0.05, 0.1) is 12.3 Å². The van der Waals surface area contributed by atoms with E-state index in [2.05, 4.69) is 0 Å². The zero-order valence-electron chi connectivity index (χ0n) is 9.28. The molecule has 0 saturated heterocycles. The quantitative estimate of drug-likeness (QED) is 0.637. The first-order valence-electron chi connectivity index (χ1n) is 5.02. The second kappa shape index (κ2) is 6.03. The van der Waals surface area contributed by atoms with Gasteiger partial charge in [-0.2, -0.15) is 0 Å². The first-order chi connectivity index (χ1) is 8.06. The Morgan fingerprint density at radius 2 is 2.18 bits per heavy atom. The molecule has 0 unspecified atom stereocenters. The molecule has 0 bridgehead atoms. The Bertz CT molecular complexity index is 396. The number of benzene rings is 1. The Morgan fingerprint density at radius 1 is 1.47 bits per heavy atom. The van der Waals surface area contributed by atoms with E-state index in [1.807, 2.05) is 0 Å². The molecular weight excluding hydrogens is 232 g/mol.